The summed E-state index contributed by atoms with van der Waals surface area (Å²) in [5.41, 5.74) is 1.32. The molecule has 1 saturated carbocycles. The van der Waals surface area contributed by atoms with Crippen molar-refractivity contribution in [3.05, 3.63) is 53.6 Å². The number of benzene rings is 2. The van der Waals surface area contributed by atoms with Gasteiger partial charge in [0.15, 0.2) is 11.5 Å². The fourth-order valence-corrected chi connectivity index (χ4v) is 4.54. The lowest BCUT2D eigenvalue weighted by molar-refractivity contribution is 0.0749. The Balaban J connectivity index is 1.50. The summed E-state index contributed by atoms with van der Waals surface area (Å²) in [7, 11) is -3.53. The summed E-state index contributed by atoms with van der Waals surface area (Å²) < 4.78 is 38.6. The second-order valence-electron chi connectivity index (χ2n) is 7.18. The lowest BCUT2D eigenvalue weighted by atomic mass is 10.1. The minimum absolute atomic E-state index is 0.0416. The Morgan fingerprint density at radius 3 is 2.52 bits per heavy atom. The topological polar surface area (TPSA) is 84.9 Å². The predicted octanol–water partition coefficient (Wildman–Crippen LogP) is 2.56. The number of carbonyl (C=O) groups excluding carboxylic acids is 1. The molecule has 2 aliphatic rings. The minimum Gasteiger partial charge on any atom is -0.486 e. The molecule has 1 aliphatic heterocycles. The quantitative estimate of drug-likeness (QED) is 0.750. The zero-order valence-corrected chi connectivity index (χ0v) is 17.1. The Labute approximate surface area is 170 Å². The second-order valence-corrected chi connectivity index (χ2v) is 8.89. The van der Waals surface area contributed by atoms with Gasteiger partial charge in [0, 0.05) is 30.3 Å². The van der Waals surface area contributed by atoms with Crippen LogP contribution >= 0.6 is 0 Å². The number of carbonyl (C=O) groups is 1. The number of rotatable bonds is 7. The summed E-state index contributed by atoms with van der Waals surface area (Å²) in [5.74, 6) is 1.20. The summed E-state index contributed by atoms with van der Waals surface area (Å²) in [6, 6.07) is 11.8. The SMILES string of the molecule is CCN(Cc1cccc2c1OCCO2)C(=O)c1ccc(S(=O)(=O)NC2CC2)cc1. The van der Waals surface area contributed by atoms with Crippen molar-refractivity contribution >= 4 is 15.9 Å². The molecule has 154 valence electrons. The van der Waals surface area contributed by atoms with Crippen LogP contribution in [-0.4, -0.2) is 45.0 Å². The van der Waals surface area contributed by atoms with Crippen molar-refractivity contribution in [2.45, 2.75) is 37.2 Å². The molecule has 2 aromatic carbocycles. The second kappa shape index (κ2) is 8.04. The van der Waals surface area contributed by atoms with E-state index < -0.39 is 10.0 Å². The molecule has 0 aromatic heterocycles. The zero-order valence-electron chi connectivity index (χ0n) is 16.3. The van der Waals surface area contributed by atoms with Gasteiger partial charge in [-0.25, -0.2) is 13.1 Å². The van der Waals surface area contributed by atoms with E-state index in [9.17, 15) is 13.2 Å². The van der Waals surface area contributed by atoms with E-state index in [1.165, 1.54) is 12.1 Å². The van der Waals surface area contributed by atoms with Crippen LogP contribution < -0.4 is 14.2 Å². The molecule has 0 bridgehead atoms. The van der Waals surface area contributed by atoms with E-state index in [1.807, 2.05) is 25.1 Å². The van der Waals surface area contributed by atoms with Crippen LogP contribution in [0.5, 0.6) is 11.5 Å². The number of para-hydroxylation sites is 1. The number of hydrogen-bond acceptors (Lipinski definition) is 5. The minimum atomic E-state index is -3.53. The van der Waals surface area contributed by atoms with Crippen LogP contribution in [0.2, 0.25) is 0 Å². The first-order valence-corrected chi connectivity index (χ1v) is 11.3. The lowest BCUT2D eigenvalue weighted by Crippen LogP contribution is -2.31. The smallest absolute Gasteiger partial charge is 0.254 e. The maximum absolute atomic E-state index is 13.0. The molecule has 8 heteroatoms. The van der Waals surface area contributed by atoms with Crippen LogP contribution in [0.1, 0.15) is 35.7 Å². The number of sulfonamides is 1. The van der Waals surface area contributed by atoms with Gasteiger partial charge in [0.1, 0.15) is 13.2 Å². The van der Waals surface area contributed by atoms with Crippen LogP contribution in [0, 0.1) is 0 Å². The molecular formula is C21H24N2O5S. The number of fused-ring (bicyclic) bond motifs is 1. The van der Waals surface area contributed by atoms with Crippen molar-refractivity contribution in [1.29, 1.82) is 0 Å². The van der Waals surface area contributed by atoms with E-state index in [4.69, 9.17) is 9.47 Å². The largest absolute Gasteiger partial charge is 0.486 e. The lowest BCUT2D eigenvalue weighted by Gasteiger charge is -2.25. The van der Waals surface area contributed by atoms with Gasteiger partial charge in [-0.05, 0) is 50.1 Å². The van der Waals surface area contributed by atoms with E-state index in [0.717, 1.165) is 18.4 Å². The molecule has 1 fully saturated rings. The van der Waals surface area contributed by atoms with Crippen molar-refractivity contribution < 1.29 is 22.7 Å². The van der Waals surface area contributed by atoms with Crippen molar-refractivity contribution in [3.8, 4) is 11.5 Å². The van der Waals surface area contributed by atoms with E-state index in [-0.39, 0.29) is 16.8 Å². The van der Waals surface area contributed by atoms with Gasteiger partial charge < -0.3 is 14.4 Å². The molecule has 0 atom stereocenters. The highest BCUT2D eigenvalue weighted by Gasteiger charge is 2.28. The number of hydrogen-bond donors (Lipinski definition) is 1. The molecule has 0 saturated heterocycles. The monoisotopic (exact) mass is 416 g/mol. The van der Waals surface area contributed by atoms with Crippen molar-refractivity contribution in [2.75, 3.05) is 19.8 Å². The Morgan fingerprint density at radius 2 is 1.83 bits per heavy atom. The third kappa shape index (κ3) is 4.38. The maximum atomic E-state index is 13.0. The van der Waals surface area contributed by atoms with E-state index in [2.05, 4.69) is 4.72 Å². The number of amides is 1. The first-order valence-electron chi connectivity index (χ1n) is 9.77. The van der Waals surface area contributed by atoms with Crippen LogP contribution in [0.15, 0.2) is 47.4 Å². The Hall–Kier alpha value is -2.58. The van der Waals surface area contributed by atoms with E-state index >= 15 is 0 Å². The van der Waals surface area contributed by atoms with Crippen molar-refractivity contribution in [2.24, 2.45) is 0 Å². The summed E-state index contributed by atoms with van der Waals surface area (Å²) in [4.78, 5) is 14.9. The van der Waals surface area contributed by atoms with Crippen LogP contribution in [0.4, 0.5) is 0 Å². The predicted molar refractivity (Wildman–Crippen MR) is 108 cm³/mol. The van der Waals surface area contributed by atoms with Crippen molar-refractivity contribution in [1.82, 2.24) is 9.62 Å². The molecule has 0 unspecified atom stereocenters. The van der Waals surface area contributed by atoms with Gasteiger partial charge in [0.25, 0.3) is 5.91 Å². The molecule has 29 heavy (non-hydrogen) atoms. The summed E-state index contributed by atoms with van der Waals surface area (Å²) >= 11 is 0. The molecule has 1 aliphatic carbocycles. The molecule has 1 N–H and O–H groups in total. The molecular weight excluding hydrogens is 392 g/mol. The molecule has 7 nitrogen and oxygen atoms in total. The molecule has 0 radical (unpaired) electrons. The van der Waals surface area contributed by atoms with Gasteiger partial charge in [-0.15, -0.1) is 0 Å². The summed E-state index contributed by atoms with van der Waals surface area (Å²) in [6.07, 6.45) is 1.75. The Kier molecular flexibility index (Phi) is 5.47. The number of ether oxygens (including phenoxy) is 2. The fraction of sp³-hybridized carbons (Fsp3) is 0.381. The fourth-order valence-electron chi connectivity index (χ4n) is 3.24. The van der Waals surface area contributed by atoms with Crippen LogP contribution in [0.3, 0.4) is 0 Å². The molecule has 1 heterocycles. The van der Waals surface area contributed by atoms with Gasteiger partial charge in [-0.3, -0.25) is 4.79 Å². The highest BCUT2D eigenvalue weighted by molar-refractivity contribution is 7.89. The van der Waals surface area contributed by atoms with Crippen molar-refractivity contribution in [3.63, 3.8) is 0 Å². The third-order valence-corrected chi connectivity index (χ3v) is 6.53. The standard InChI is InChI=1S/C21H24N2O5S/c1-2-23(14-16-4-3-5-19-20(16)28-13-12-27-19)21(24)15-6-10-18(11-7-15)29(25,26)22-17-8-9-17/h3-7,10-11,17,22H,2,8-9,12-14H2,1H3. The highest BCUT2D eigenvalue weighted by Crippen LogP contribution is 2.34. The molecule has 4 rings (SSSR count). The third-order valence-electron chi connectivity index (χ3n) is 4.99. The van der Waals surface area contributed by atoms with E-state index in [0.29, 0.717) is 43.4 Å². The Morgan fingerprint density at radius 1 is 1.10 bits per heavy atom. The average Bonchev–Trinajstić information content (AvgIpc) is 3.55. The normalized spacial score (nSPS) is 15.8. The number of nitrogens with zero attached hydrogens (tertiary/aromatic N) is 1. The Bertz CT molecular complexity index is 1000. The van der Waals surface area contributed by atoms with Gasteiger partial charge in [-0.1, -0.05) is 12.1 Å². The van der Waals surface area contributed by atoms with Gasteiger partial charge in [0.05, 0.1) is 4.90 Å². The highest BCUT2D eigenvalue weighted by atomic mass is 32.2. The summed E-state index contributed by atoms with van der Waals surface area (Å²) in [5, 5.41) is 0. The van der Waals surface area contributed by atoms with Gasteiger partial charge in [0.2, 0.25) is 10.0 Å². The van der Waals surface area contributed by atoms with Crippen LogP contribution in [0.25, 0.3) is 0 Å². The average molecular weight is 416 g/mol. The first kappa shape index (κ1) is 19.7. The number of nitrogens with one attached hydrogen (secondary N) is 1. The summed E-state index contributed by atoms with van der Waals surface area (Å²) in [6.45, 7) is 3.79. The molecule has 0 spiro atoms. The molecule has 2 aromatic rings. The zero-order chi connectivity index (χ0) is 20.4. The maximum Gasteiger partial charge on any atom is 0.254 e. The van der Waals surface area contributed by atoms with Gasteiger partial charge >= 0.3 is 0 Å². The van der Waals surface area contributed by atoms with Gasteiger partial charge in [-0.2, -0.15) is 0 Å². The van der Waals surface area contributed by atoms with E-state index in [1.54, 1.807) is 17.0 Å². The first-order chi connectivity index (χ1) is 14.0. The molecule has 1 amide bonds. The van der Waals surface area contributed by atoms with Crippen LogP contribution in [-0.2, 0) is 16.6 Å².